The Labute approximate surface area is 206 Å². The number of nitrogens with zero attached hydrogens (tertiary/aromatic N) is 3. The van der Waals surface area contributed by atoms with Crippen LogP contribution in [0.5, 0.6) is 0 Å². The van der Waals surface area contributed by atoms with E-state index >= 15 is 0 Å². The number of ether oxygens (including phenoxy) is 1. The summed E-state index contributed by atoms with van der Waals surface area (Å²) >= 11 is 0. The molecule has 4 rings (SSSR count). The van der Waals surface area contributed by atoms with Gasteiger partial charge in [-0.25, -0.2) is 9.18 Å². The van der Waals surface area contributed by atoms with Crippen LogP contribution in [0, 0.1) is 29.5 Å². The highest BCUT2D eigenvalue weighted by atomic mass is 19.1. The van der Waals surface area contributed by atoms with E-state index in [-0.39, 0.29) is 11.9 Å². The minimum Gasteiger partial charge on any atom is -0.438 e. The van der Waals surface area contributed by atoms with Crippen molar-refractivity contribution in [3.63, 3.8) is 0 Å². The van der Waals surface area contributed by atoms with Gasteiger partial charge in [-0.3, -0.25) is 4.98 Å². The van der Waals surface area contributed by atoms with Gasteiger partial charge in [0.25, 0.3) is 0 Å². The molecule has 1 saturated heterocycles. The molecule has 0 radical (unpaired) electrons. The normalized spacial score (nSPS) is 19.1. The summed E-state index contributed by atoms with van der Waals surface area (Å²) in [5.74, 6) is -0.355. The van der Waals surface area contributed by atoms with Gasteiger partial charge in [0.05, 0.1) is 17.5 Å². The molecule has 35 heavy (non-hydrogen) atoms. The van der Waals surface area contributed by atoms with Crippen molar-refractivity contribution in [3.8, 4) is 17.2 Å². The van der Waals surface area contributed by atoms with Gasteiger partial charge in [-0.05, 0) is 74.2 Å². The Morgan fingerprint density at radius 1 is 1.14 bits per heavy atom. The van der Waals surface area contributed by atoms with Crippen molar-refractivity contribution >= 4 is 6.09 Å². The molecule has 1 fully saturated rings. The number of carbonyl (C=O) groups excluding carboxylic acids is 1. The highest BCUT2D eigenvalue weighted by molar-refractivity contribution is 5.70. The van der Waals surface area contributed by atoms with Crippen molar-refractivity contribution in [1.82, 2.24) is 9.88 Å². The molecule has 1 aliphatic heterocycles. The molecule has 6 heteroatoms. The smallest absolute Gasteiger partial charge is 0.411 e. The summed E-state index contributed by atoms with van der Waals surface area (Å²) in [6.07, 6.45) is 2.20. The van der Waals surface area contributed by atoms with Crippen LogP contribution in [-0.4, -0.2) is 22.5 Å². The zero-order chi connectivity index (χ0) is 25.2. The largest absolute Gasteiger partial charge is 0.438 e. The van der Waals surface area contributed by atoms with Crippen LogP contribution >= 0.6 is 0 Å². The number of halogens is 1. The van der Waals surface area contributed by atoms with E-state index in [2.05, 4.69) is 11.1 Å². The molecule has 3 aromatic rings. The van der Waals surface area contributed by atoms with Crippen LogP contribution in [0.3, 0.4) is 0 Å². The van der Waals surface area contributed by atoms with Gasteiger partial charge in [0.2, 0.25) is 0 Å². The monoisotopic (exact) mass is 471 g/mol. The van der Waals surface area contributed by atoms with Crippen LogP contribution in [0.15, 0.2) is 66.9 Å². The fourth-order valence-electron chi connectivity index (χ4n) is 4.82. The Balaban J connectivity index is 1.56. The lowest BCUT2D eigenvalue weighted by atomic mass is 9.75. The first kappa shape index (κ1) is 24.4. The zero-order valence-corrected chi connectivity index (χ0v) is 20.6. The second kappa shape index (κ2) is 9.50. The SMILES string of the molecule is Cc1cc(-c2ccc([C@H](C)N3CCC(CC(C)(C)C#N)(c4ccc(F)cc4)OC3=O)cc2)ccn1. The van der Waals surface area contributed by atoms with E-state index < -0.39 is 17.1 Å². The third-order valence-electron chi connectivity index (χ3n) is 6.76. The van der Waals surface area contributed by atoms with Gasteiger partial charge in [0, 0.05) is 31.3 Å². The molecule has 1 amide bonds. The van der Waals surface area contributed by atoms with E-state index in [0.717, 1.165) is 22.4 Å². The van der Waals surface area contributed by atoms with E-state index in [1.807, 2.05) is 64.1 Å². The van der Waals surface area contributed by atoms with Gasteiger partial charge >= 0.3 is 6.09 Å². The molecular weight excluding hydrogens is 441 g/mol. The second-order valence-electron chi connectivity index (χ2n) is 9.97. The fourth-order valence-corrected chi connectivity index (χ4v) is 4.82. The van der Waals surface area contributed by atoms with Crippen LogP contribution in [0.2, 0.25) is 0 Å². The molecule has 0 aliphatic carbocycles. The number of carbonyl (C=O) groups is 1. The Hall–Kier alpha value is -3.72. The molecule has 1 unspecified atom stereocenters. The van der Waals surface area contributed by atoms with Crippen LogP contribution in [0.25, 0.3) is 11.1 Å². The Morgan fingerprint density at radius 2 is 1.83 bits per heavy atom. The van der Waals surface area contributed by atoms with Crippen LogP contribution in [0.1, 0.15) is 56.5 Å². The highest BCUT2D eigenvalue weighted by Crippen LogP contribution is 2.44. The van der Waals surface area contributed by atoms with E-state index in [9.17, 15) is 14.4 Å². The first-order valence-corrected chi connectivity index (χ1v) is 11.8. The van der Waals surface area contributed by atoms with E-state index in [1.54, 1.807) is 23.2 Å². The zero-order valence-electron chi connectivity index (χ0n) is 20.6. The maximum Gasteiger partial charge on any atom is 0.411 e. The Bertz CT molecular complexity index is 1250. The molecule has 0 saturated carbocycles. The van der Waals surface area contributed by atoms with Crippen LogP contribution in [-0.2, 0) is 10.3 Å². The average Bonchev–Trinajstić information content (AvgIpc) is 2.84. The van der Waals surface area contributed by atoms with Crippen LogP contribution < -0.4 is 0 Å². The number of aromatic nitrogens is 1. The first-order chi connectivity index (χ1) is 16.6. The number of cyclic esters (lactones) is 1. The quantitative estimate of drug-likeness (QED) is 0.391. The van der Waals surface area contributed by atoms with Crippen molar-refractivity contribution in [1.29, 1.82) is 5.26 Å². The lowest BCUT2D eigenvalue weighted by Crippen LogP contribution is -2.50. The number of nitriles is 1. The molecule has 1 aromatic heterocycles. The van der Waals surface area contributed by atoms with Crippen molar-refractivity contribution in [2.24, 2.45) is 5.41 Å². The number of hydrogen-bond acceptors (Lipinski definition) is 4. The van der Waals surface area contributed by atoms with Crippen molar-refractivity contribution in [2.75, 3.05) is 6.54 Å². The number of benzene rings is 2. The van der Waals surface area contributed by atoms with Gasteiger partial charge in [-0.15, -0.1) is 0 Å². The summed E-state index contributed by atoms with van der Waals surface area (Å²) in [5.41, 5.74) is 3.15. The maximum absolute atomic E-state index is 13.6. The molecule has 180 valence electrons. The van der Waals surface area contributed by atoms with E-state index in [0.29, 0.717) is 24.9 Å². The lowest BCUT2D eigenvalue weighted by Gasteiger charge is -2.45. The van der Waals surface area contributed by atoms with E-state index in [4.69, 9.17) is 4.74 Å². The molecule has 0 spiro atoms. The molecule has 0 N–H and O–H groups in total. The van der Waals surface area contributed by atoms with E-state index in [1.165, 1.54) is 12.1 Å². The standard InChI is InChI=1S/C29H30FN3O2/c1-20-17-24(13-15-32-20)23-7-5-22(6-8-23)21(2)33-16-14-29(35-27(33)34,18-28(3,4)19-31)25-9-11-26(30)12-10-25/h5-13,15,17,21H,14,16,18H2,1-4H3/t21-,29?/m0/s1. The van der Waals surface area contributed by atoms with Crippen molar-refractivity contribution in [3.05, 3.63) is 89.5 Å². The molecule has 5 nitrogen and oxygen atoms in total. The predicted octanol–water partition coefficient (Wildman–Crippen LogP) is 6.93. The minimum atomic E-state index is -0.983. The van der Waals surface area contributed by atoms with Crippen molar-refractivity contribution < 1.29 is 13.9 Å². The fraction of sp³-hybridized carbons (Fsp3) is 0.345. The minimum absolute atomic E-state index is 0.189. The van der Waals surface area contributed by atoms with Crippen LogP contribution in [0.4, 0.5) is 9.18 Å². The lowest BCUT2D eigenvalue weighted by molar-refractivity contribution is -0.0770. The summed E-state index contributed by atoms with van der Waals surface area (Å²) < 4.78 is 19.7. The molecule has 2 atom stereocenters. The average molecular weight is 472 g/mol. The number of amides is 1. The third-order valence-corrected chi connectivity index (χ3v) is 6.76. The van der Waals surface area contributed by atoms with Gasteiger partial charge in [-0.2, -0.15) is 5.26 Å². The first-order valence-electron chi connectivity index (χ1n) is 11.8. The van der Waals surface area contributed by atoms with Gasteiger partial charge in [-0.1, -0.05) is 36.4 Å². The molecular formula is C29H30FN3O2. The molecule has 2 aromatic carbocycles. The van der Waals surface area contributed by atoms with Gasteiger partial charge in [0.1, 0.15) is 11.4 Å². The summed E-state index contributed by atoms with van der Waals surface area (Å²) in [5, 5.41) is 9.64. The van der Waals surface area contributed by atoms with Gasteiger partial charge in [0.15, 0.2) is 0 Å². The maximum atomic E-state index is 13.6. The summed E-state index contributed by atoms with van der Waals surface area (Å²) in [6.45, 7) is 8.06. The molecule has 1 aliphatic rings. The topological polar surface area (TPSA) is 66.2 Å². The Morgan fingerprint density at radius 3 is 2.43 bits per heavy atom. The number of pyridine rings is 1. The summed E-state index contributed by atoms with van der Waals surface area (Å²) in [4.78, 5) is 19.3. The predicted molar refractivity (Wildman–Crippen MR) is 133 cm³/mol. The highest BCUT2D eigenvalue weighted by Gasteiger charge is 2.46. The number of aryl methyl sites for hydroxylation is 1. The number of rotatable bonds is 6. The van der Waals surface area contributed by atoms with Gasteiger partial charge < -0.3 is 9.64 Å². The second-order valence-corrected chi connectivity index (χ2v) is 9.97. The summed E-state index contributed by atoms with van der Waals surface area (Å²) in [6, 6.07) is 20.3. The molecule has 2 heterocycles. The molecule has 0 bridgehead atoms. The van der Waals surface area contributed by atoms with Crippen molar-refractivity contribution in [2.45, 2.75) is 52.2 Å². The number of hydrogen-bond donors (Lipinski definition) is 0. The third kappa shape index (κ3) is 5.19. The Kier molecular flexibility index (Phi) is 6.62. The summed E-state index contributed by atoms with van der Waals surface area (Å²) in [7, 11) is 0.